The van der Waals surface area contributed by atoms with E-state index in [1.807, 2.05) is 0 Å². The molecule has 0 spiro atoms. The second-order valence-corrected chi connectivity index (χ2v) is 4.46. The van der Waals surface area contributed by atoms with E-state index in [4.69, 9.17) is 10.5 Å². The van der Waals surface area contributed by atoms with Crippen LogP contribution < -0.4 is 5.73 Å². The lowest BCUT2D eigenvalue weighted by molar-refractivity contribution is -0.139. The molecule has 1 saturated heterocycles. The zero-order chi connectivity index (χ0) is 13.8. The Morgan fingerprint density at radius 3 is 2.47 bits per heavy atom. The monoisotopic (exact) mass is 268 g/mol. The summed E-state index contributed by atoms with van der Waals surface area (Å²) >= 11 is 0. The Bertz CT molecular complexity index is 432. The summed E-state index contributed by atoms with van der Waals surface area (Å²) in [6.07, 6.45) is -1.14. The number of hydrogen-bond donors (Lipinski definition) is 2. The average Bonchev–Trinajstić information content (AvgIpc) is 2.46. The number of hydrogen-bond acceptors (Lipinski definition) is 4. The van der Waals surface area contributed by atoms with Crippen molar-refractivity contribution in [3.8, 4) is 0 Å². The third kappa shape index (κ3) is 3.28. The van der Waals surface area contributed by atoms with Crippen LogP contribution in [-0.2, 0) is 9.53 Å². The molecule has 3 N–H and O–H groups in total. The first-order valence-electron chi connectivity index (χ1n) is 6.15. The van der Waals surface area contributed by atoms with E-state index in [0.717, 1.165) is 0 Å². The van der Waals surface area contributed by atoms with Crippen LogP contribution in [0.25, 0.3) is 0 Å². The van der Waals surface area contributed by atoms with Crippen LogP contribution in [0.5, 0.6) is 0 Å². The number of carbonyl (C=O) groups is 1. The van der Waals surface area contributed by atoms with E-state index >= 15 is 0 Å². The van der Waals surface area contributed by atoms with Crippen molar-refractivity contribution in [1.29, 1.82) is 0 Å². The number of carbonyl (C=O) groups excluding carboxylic acids is 1. The minimum atomic E-state index is -1.14. The molecule has 1 fully saturated rings. The topological polar surface area (TPSA) is 75.8 Å². The Hall–Kier alpha value is -1.50. The van der Waals surface area contributed by atoms with E-state index in [9.17, 15) is 14.3 Å². The zero-order valence-corrected chi connectivity index (χ0v) is 10.5. The Balaban J connectivity index is 2.03. The van der Waals surface area contributed by atoms with Gasteiger partial charge in [-0.15, -0.1) is 0 Å². The third-order valence-corrected chi connectivity index (χ3v) is 3.16. The van der Waals surface area contributed by atoms with Crippen LogP contribution in [0.2, 0.25) is 0 Å². The number of benzene rings is 1. The lowest BCUT2D eigenvalue weighted by atomic mass is 10.0. The molecule has 1 amide bonds. The van der Waals surface area contributed by atoms with Crippen molar-refractivity contribution >= 4 is 5.91 Å². The van der Waals surface area contributed by atoms with Gasteiger partial charge in [-0.25, -0.2) is 4.39 Å². The quantitative estimate of drug-likeness (QED) is 0.812. The maximum atomic E-state index is 12.8. The fraction of sp³-hybridized carbons (Fsp3) is 0.462. The molecule has 1 aromatic carbocycles. The highest BCUT2D eigenvalue weighted by Crippen LogP contribution is 2.18. The summed E-state index contributed by atoms with van der Waals surface area (Å²) in [4.78, 5) is 13.7. The highest BCUT2D eigenvalue weighted by molar-refractivity contribution is 5.82. The van der Waals surface area contributed by atoms with Gasteiger partial charge in [0.2, 0.25) is 5.91 Å². The third-order valence-electron chi connectivity index (χ3n) is 3.16. The van der Waals surface area contributed by atoms with Crippen molar-refractivity contribution < 1.29 is 19.0 Å². The number of ether oxygens (including phenoxy) is 1. The highest BCUT2D eigenvalue weighted by atomic mass is 19.1. The maximum absolute atomic E-state index is 12.8. The number of rotatable bonds is 3. The maximum Gasteiger partial charge on any atom is 0.242 e. The molecule has 1 heterocycles. The molecule has 104 valence electrons. The van der Waals surface area contributed by atoms with Gasteiger partial charge in [-0.1, -0.05) is 12.1 Å². The summed E-state index contributed by atoms with van der Waals surface area (Å²) in [6.45, 7) is 1.90. The summed E-state index contributed by atoms with van der Waals surface area (Å²) < 4.78 is 17.9. The van der Waals surface area contributed by atoms with Gasteiger partial charge in [-0.05, 0) is 17.7 Å². The Labute approximate surface area is 110 Å². The summed E-state index contributed by atoms with van der Waals surface area (Å²) in [5, 5.41) is 10.1. The average molecular weight is 268 g/mol. The van der Waals surface area contributed by atoms with Crippen LogP contribution in [-0.4, -0.2) is 48.3 Å². The van der Waals surface area contributed by atoms with E-state index in [2.05, 4.69) is 0 Å². The minimum absolute atomic E-state index is 0.319. The van der Waals surface area contributed by atoms with Crippen LogP contribution in [0.3, 0.4) is 0 Å². The fourth-order valence-corrected chi connectivity index (χ4v) is 2.00. The SMILES string of the molecule is NC(C(=O)N1CCOCC1)C(O)c1ccc(F)cc1. The number of amides is 1. The van der Waals surface area contributed by atoms with Crippen LogP contribution >= 0.6 is 0 Å². The van der Waals surface area contributed by atoms with Crippen LogP contribution in [0.1, 0.15) is 11.7 Å². The number of aliphatic hydroxyl groups excluding tert-OH is 1. The summed E-state index contributed by atoms with van der Waals surface area (Å²) in [5.74, 6) is -0.718. The second-order valence-electron chi connectivity index (χ2n) is 4.46. The number of halogens is 1. The Morgan fingerprint density at radius 1 is 1.32 bits per heavy atom. The molecule has 0 saturated carbocycles. The Morgan fingerprint density at radius 2 is 1.89 bits per heavy atom. The van der Waals surface area contributed by atoms with Crippen molar-refractivity contribution in [2.24, 2.45) is 5.73 Å². The molecular formula is C13H17FN2O3. The lowest BCUT2D eigenvalue weighted by Crippen LogP contribution is -2.50. The molecule has 1 aliphatic heterocycles. The van der Waals surface area contributed by atoms with Gasteiger partial charge >= 0.3 is 0 Å². The molecule has 2 unspecified atom stereocenters. The van der Waals surface area contributed by atoms with E-state index in [1.165, 1.54) is 24.3 Å². The zero-order valence-electron chi connectivity index (χ0n) is 10.5. The van der Waals surface area contributed by atoms with Gasteiger partial charge in [0.15, 0.2) is 0 Å². The highest BCUT2D eigenvalue weighted by Gasteiger charge is 2.29. The van der Waals surface area contributed by atoms with Crippen LogP contribution in [0.15, 0.2) is 24.3 Å². The predicted octanol–water partition coefficient (Wildman–Crippen LogP) is 0.0452. The number of aliphatic hydroxyl groups is 1. The molecule has 2 rings (SSSR count). The molecule has 6 heteroatoms. The molecule has 0 aromatic heterocycles. The minimum Gasteiger partial charge on any atom is -0.386 e. The molecular weight excluding hydrogens is 251 g/mol. The molecule has 1 aromatic rings. The standard InChI is InChI=1S/C13H17FN2O3/c14-10-3-1-9(2-4-10)12(17)11(15)13(18)16-5-7-19-8-6-16/h1-4,11-12,17H,5-8,15H2. The number of nitrogens with zero attached hydrogens (tertiary/aromatic N) is 1. The largest absolute Gasteiger partial charge is 0.386 e. The van der Waals surface area contributed by atoms with Crippen molar-refractivity contribution in [1.82, 2.24) is 4.90 Å². The van der Waals surface area contributed by atoms with E-state index < -0.39 is 18.0 Å². The normalized spacial score (nSPS) is 19.0. The molecule has 0 bridgehead atoms. The number of morpholine rings is 1. The van der Waals surface area contributed by atoms with Gasteiger partial charge in [0.25, 0.3) is 0 Å². The summed E-state index contributed by atoms with van der Waals surface area (Å²) in [6, 6.07) is 4.25. The molecule has 19 heavy (non-hydrogen) atoms. The first-order valence-corrected chi connectivity index (χ1v) is 6.15. The predicted molar refractivity (Wildman–Crippen MR) is 66.7 cm³/mol. The summed E-state index contributed by atoms with van der Waals surface area (Å²) in [5.41, 5.74) is 6.21. The van der Waals surface area contributed by atoms with Gasteiger partial charge in [0.05, 0.1) is 13.2 Å². The van der Waals surface area contributed by atoms with Crippen LogP contribution in [0, 0.1) is 5.82 Å². The van der Waals surface area contributed by atoms with Crippen molar-refractivity contribution in [3.05, 3.63) is 35.6 Å². The van der Waals surface area contributed by atoms with Crippen molar-refractivity contribution in [2.75, 3.05) is 26.3 Å². The van der Waals surface area contributed by atoms with Gasteiger partial charge < -0.3 is 20.5 Å². The summed E-state index contributed by atoms with van der Waals surface area (Å²) in [7, 11) is 0. The smallest absolute Gasteiger partial charge is 0.242 e. The second kappa shape index (κ2) is 6.10. The molecule has 1 aliphatic rings. The van der Waals surface area contributed by atoms with E-state index in [1.54, 1.807) is 4.90 Å². The van der Waals surface area contributed by atoms with Gasteiger partial charge in [0, 0.05) is 13.1 Å². The lowest BCUT2D eigenvalue weighted by Gasteiger charge is -2.30. The van der Waals surface area contributed by atoms with Gasteiger partial charge in [0.1, 0.15) is 18.0 Å². The van der Waals surface area contributed by atoms with Crippen LogP contribution in [0.4, 0.5) is 4.39 Å². The van der Waals surface area contributed by atoms with E-state index in [-0.39, 0.29) is 5.91 Å². The van der Waals surface area contributed by atoms with Gasteiger partial charge in [-0.2, -0.15) is 0 Å². The Kier molecular flexibility index (Phi) is 4.47. The molecule has 2 atom stereocenters. The molecule has 0 radical (unpaired) electrons. The number of nitrogens with two attached hydrogens (primary N) is 1. The first kappa shape index (κ1) is 13.9. The first-order chi connectivity index (χ1) is 9.09. The molecule has 5 nitrogen and oxygen atoms in total. The van der Waals surface area contributed by atoms with Crippen molar-refractivity contribution in [2.45, 2.75) is 12.1 Å². The fourth-order valence-electron chi connectivity index (χ4n) is 2.00. The van der Waals surface area contributed by atoms with Gasteiger partial charge in [-0.3, -0.25) is 4.79 Å². The van der Waals surface area contributed by atoms with E-state index in [0.29, 0.717) is 31.9 Å². The van der Waals surface area contributed by atoms with Crippen molar-refractivity contribution in [3.63, 3.8) is 0 Å². The molecule has 0 aliphatic carbocycles.